The van der Waals surface area contributed by atoms with E-state index < -0.39 is 5.91 Å². The number of carbonyl (C=O) groups is 1. The topological polar surface area (TPSA) is 75.3 Å². The van der Waals surface area contributed by atoms with Crippen molar-refractivity contribution in [2.75, 3.05) is 12.4 Å². The van der Waals surface area contributed by atoms with E-state index in [2.05, 4.69) is 5.32 Å². The van der Waals surface area contributed by atoms with Gasteiger partial charge in [0.25, 0.3) is 5.91 Å². The molecule has 2 rings (SSSR count). The molecule has 0 spiro atoms. The number of hydrogen-bond acceptors (Lipinski definition) is 4. The number of amides is 1. The number of rotatable bonds is 4. The number of anilines is 1. The molecule has 1 heterocycles. The van der Waals surface area contributed by atoms with Crippen LogP contribution in [0.25, 0.3) is 6.08 Å². The molecule has 1 amide bonds. The summed E-state index contributed by atoms with van der Waals surface area (Å²) in [5, 5.41) is 12.0. The Kier molecular flexibility index (Phi) is 4.64. The molecule has 0 atom stereocenters. The number of nitriles is 1. The quantitative estimate of drug-likeness (QED) is 0.693. The average Bonchev–Trinajstić information content (AvgIpc) is 2.98. The molecule has 6 heteroatoms. The van der Waals surface area contributed by atoms with Crippen LogP contribution in [0.1, 0.15) is 5.76 Å². The third kappa shape index (κ3) is 3.65. The Morgan fingerprint density at radius 1 is 1.48 bits per heavy atom. The molecule has 106 valence electrons. The Labute approximate surface area is 126 Å². The SMILES string of the molecule is COc1ccc(NC(=O)/C(C#N)=C/c2ccco2)cc1Cl. The van der Waals surface area contributed by atoms with Crippen LogP contribution in [-0.4, -0.2) is 13.0 Å². The van der Waals surface area contributed by atoms with Gasteiger partial charge in [-0.3, -0.25) is 4.79 Å². The van der Waals surface area contributed by atoms with Gasteiger partial charge in [0, 0.05) is 11.8 Å². The fourth-order valence-electron chi connectivity index (χ4n) is 1.61. The highest BCUT2D eigenvalue weighted by molar-refractivity contribution is 6.32. The summed E-state index contributed by atoms with van der Waals surface area (Å²) in [6.07, 6.45) is 2.82. The first-order valence-corrected chi connectivity index (χ1v) is 6.32. The van der Waals surface area contributed by atoms with Crippen LogP contribution < -0.4 is 10.1 Å². The minimum atomic E-state index is -0.546. The molecule has 21 heavy (non-hydrogen) atoms. The van der Waals surface area contributed by atoms with Crippen molar-refractivity contribution < 1.29 is 13.9 Å². The zero-order valence-corrected chi connectivity index (χ0v) is 11.8. The molecule has 0 bridgehead atoms. The molecule has 0 aliphatic rings. The van der Waals surface area contributed by atoms with E-state index in [1.54, 1.807) is 30.3 Å². The van der Waals surface area contributed by atoms with Crippen molar-refractivity contribution in [2.24, 2.45) is 0 Å². The van der Waals surface area contributed by atoms with E-state index in [9.17, 15) is 4.79 Å². The number of carbonyl (C=O) groups excluding carboxylic acids is 1. The minimum Gasteiger partial charge on any atom is -0.495 e. The Morgan fingerprint density at radius 2 is 2.29 bits per heavy atom. The zero-order valence-electron chi connectivity index (χ0n) is 11.1. The van der Waals surface area contributed by atoms with Crippen LogP contribution in [-0.2, 0) is 4.79 Å². The lowest BCUT2D eigenvalue weighted by Gasteiger charge is -2.07. The lowest BCUT2D eigenvalue weighted by molar-refractivity contribution is -0.112. The number of ether oxygens (including phenoxy) is 1. The summed E-state index contributed by atoms with van der Waals surface area (Å²) in [6, 6.07) is 9.94. The van der Waals surface area contributed by atoms with Gasteiger partial charge >= 0.3 is 0 Å². The van der Waals surface area contributed by atoms with Crippen LogP contribution in [0.5, 0.6) is 5.75 Å². The van der Waals surface area contributed by atoms with Crippen LogP contribution in [0.4, 0.5) is 5.69 Å². The largest absolute Gasteiger partial charge is 0.495 e. The van der Waals surface area contributed by atoms with Crippen LogP contribution in [0.3, 0.4) is 0 Å². The first-order chi connectivity index (χ1) is 10.1. The second-order valence-electron chi connectivity index (χ2n) is 3.99. The summed E-state index contributed by atoms with van der Waals surface area (Å²) in [5.74, 6) is 0.380. The highest BCUT2D eigenvalue weighted by Crippen LogP contribution is 2.27. The smallest absolute Gasteiger partial charge is 0.266 e. The number of benzene rings is 1. The average molecular weight is 303 g/mol. The van der Waals surface area contributed by atoms with Crippen molar-refractivity contribution in [1.82, 2.24) is 0 Å². The third-order valence-corrected chi connectivity index (χ3v) is 2.90. The lowest BCUT2D eigenvalue weighted by Crippen LogP contribution is -2.13. The van der Waals surface area contributed by atoms with Gasteiger partial charge in [-0.25, -0.2) is 0 Å². The summed E-state index contributed by atoms with van der Waals surface area (Å²) in [4.78, 5) is 12.0. The van der Waals surface area contributed by atoms with Crippen molar-refractivity contribution in [1.29, 1.82) is 5.26 Å². The normalized spacial score (nSPS) is 10.8. The monoisotopic (exact) mass is 302 g/mol. The second-order valence-corrected chi connectivity index (χ2v) is 4.40. The molecule has 2 aromatic rings. The first-order valence-electron chi connectivity index (χ1n) is 5.94. The standard InChI is InChI=1S/C15H11ClN2O3/c1-20-14-5-4-11(8-13(14)16)18-15(19)10(9-17)7-12-3-2-6-21-12/h2-8H,1H3,(H,18,19)/b10-7+. The van der Waals surface area contributed by atoms with Crippen LogP contribution in [0, 0.1) is 11.3 Å². The molecular weight excluding hydrogens is 292 g/mol. The van der Waals surface area contributed by atoms with Gasteiger partial charge in [0.2, 0.25) is 0 Å². The van der Waals surface area contributed by atoms with Crippen molar-refractivity contribution in [2.45, 2.75) is 0 Å². The maximum absolute atomic E-state index is 12.0. The predicted octanol–water partition coefficient (Wildman–Crippen LogP) is 3.49. The number of furan rings is 1. The second kappa shape index (κ2) is 6.64. The molecule has 0 saturated heterocycles. The number of nitrogens with one attached hydrogen (secondary N) is 1. The molecule has 1 N–H and O–H groups in total. The minimum absolute atomic E-state index is 0.0723. The summed E-state index contributed by atoms with van der Waals surface area (Å²) in [5.41, 5.74) is 0.392. The first kappa shape index (κ1) is 14.7. The van der Waals surface area contributed by atoms with Gasteiger partial charge in [0.15, 0.2) is 0 Å². The summed E-state index contributed by atoms with van der Waals surface area (Å²) < 4.78 is 10.1. The predicted molar refractivity (Wildman–Crippen MR) is 78.9 cm³/mol. The van der Waals surface area contributed by atoms with E-state index in [0.29, 0.717) is 22.2 Å². The van der Waals surface area contributed by atoms with E-state index in [1.165, 1.54) is 19.4 Å². The van der Waals surface area contributed by atoms with Gasteiger partial charge in [-0.05, 0) is 30.3 Å². The Morgan fingerprint density at radius 3 is 2.86 bits per heavy atom. The van der Waals surface area contributed by atoms with E-state index >= 15 is 0 Å². The molecule has 1 aromatic heterocycles. The lowest BCUT2D eigenvalue weighted by atomic mass is 10.2. The maximum atomic E-state index is 12.0. The van der Waals surface area contributed by atoms with Crippen LogP contribution >= 0.6 is 11.6 Å². The van der Waals surface area contributed by atoms with E-state index in [0.717, 1.165) is 0 Å². The summed E-state index contributed by atoms with van der Waals surface area (Å²) >= 11 is 5.97. The number of nitrogens with zero attached hydrogens (tertiary/aromatic N) is 1. The van der Waals surface area contributed by atoms with Crippen molar-refractivity contribution in [3.63, 3.8) is 0 Å². The van der Waals surface area contributed by atoms with Crippen molar-refractivity contribution in [3.05, 3.63) is 53.0 Å². The van der Waals surface area contributed by atoms with Gasteiger partial charge in [-0.1, -0.05) is 11.6 Å². The number of hydrogen-bond donors (Lipinski definition) is 1. The zero-order chi connectivity index (χ0) is 15.2. The summed E-state index contributed by atoms with van der Waals surface area (Å²) in [7, 11) is 1.50. The molecule has 5 nitrogen and oxygen atoms in total. The molecule has 0 aliphatic carbocycles. The molecule has 1 aromatic carbocycles. The number of halogens is 1. The van der Waals surface area contributed by atoms with Gasteiger partial charge in [-0.15, -0.1) is 0 Å². The van der Waals surface area contributed by atoms with Crippen LogP contribution in [0.15, 0.2) is 46.6 Å². The summed E-state index contributed by atoms with van der Waals surface area (Å²) in [6.45, 7) is 0. The van der Waals surface area contributed by atoms with Gasteiger partial charge in [0.1, 0.15) is 23.2 Å². The maximum Gasteiger partial charge on any atom is 0.266 e. The van der Waals surface area contributed by atoms with E-state index in [1.807, 2.05) is 6.07 Å². The molecule has 0 fully saturated rings. The molecule has 0 radical (unpaired) electrons. The molecular formula is C15H11ClN2O3. The Bertz CT molecular complexity index is 715. The molecule has 0 saturated carbocycles. The third-order valence-electron chi connectivity index (χ3n) is 2.60. The van der Waals surface area contributed by atoms with Crippen molar-refractivity contribution >= 4 is 29.3 Å². The van der Waals surface area contributed by atoms with E-state index in [4.69, 9.17) is 26.0 Å². The van der Waals surface area contributed by atoms with Gasteiger partial charge in [0.05, 0.1) is 18.4 Å². The fourth-order valence-corrected chi connectivity index (χ4v) is 1.86. The van der Waals surface area contributed by atoms with Gasteiger partial charge in [-0.2, -0.15) is 5.26 Å². The van der Waals surface area contributed by atoms with Gasteiger partial charge < -0.3 is 14.5 Å². The van der Waals surface area contributed by atoms with E-state index in [-0.39, 0.29) is 5.57 Å². The molecule has 0 unspecified atom stereocenters. The highest BCUT2D eigenvalue weighted by Gasteiger charge is 2.11. The van der Waals surface area contributed by atoms with Crippen LogP contribution in [0.2, 0.25) is 5.02 Å². The highest BCUT2D eigenvalue weighted by atomic mass is 35.5. The Balaban J connectivity index is 2.17. The molecule has 0 aliphatic heterocycles. The van der Waals surface area contributed by atoms with Crippen molar-refractivity contribution in [3.8, 4) is 11.8 Å². The Hall–Kier alpha value is -2.71. The number of methoxy groups -OCH3 is 1. The fraction of sp³-hybridized carbons (Fsp3) is 0.0667.